The molecule has 0 aliphatic carbocycles. The van der Waals surface area contributed by atoms with Crippen LogP contribution in [0, 0.1) is 6.92 Å². The molecule has 1 aromatic heterocycles. The van der Waals surface area contributed by atoms with E-state index in [1.165, 1.54) is 10.5 Å². The molecular weight excluding hydrogens is 500 g/mol. The molecule has 2 aliphatic rings. The van der Waals surface area contributed by atoms with Gasteiger partial charge in [0.15, 0.2) is 5.82 Å². The normalized spacial score (nSPS) is 16.1. The number of thioether (sulfide) groups is 1. The Kier molecular flexibility index (Phi) is 9.30. The molecule has 200 valence electrons. The van der Waals surface area contributed by atoms with Crippen LogP contribution in [0.1, 0.15) is 11.1 Å². The number of ether oxygens (including phenoxy) is 3. The van der Waals surface area contributed by atoms with Crippen LogP contribution in [0.3, 0.4) is 0 Å². The van der Waals surface area contributed by atoms with Gasteiger partial charge in [-0.1, -0.05) is 29.8 Å². The van der Waals surface area contributed by atoms with E-state index >= 15 is 0 Å². The van der Waals surface area contributed by atoms with Gasteiger partial charge in [0.05, 0.1) is 39.2 Å². The summed E-state index contributed by atoms with van der Waals surface area (Å²) in [5, 5.41) is 4.49. The zero-order chi connectivity index (χ0) is 26.0. The lowest BCUT2D eigenvalue weighted by Crippen LogP contribution is -2.39. The van der Waals surface area contributed by atoms with E-state index in [0.717, 1.165) is 49.1 Å². The first-order chi connectivity index (χ1) is 18.7. The fourth-order valence-corrected chi connectivity index (χ4v) is 4.90. The van der Waals surface area contributed by atoms with Crippen molar-refractivity contribution in [1.82, 2.24) is 9.97 Å². The van der Waals surface area contributed by atoms with Crippen LogP contribution in [0.2, 0.25) is 0 Å². The van der Waals surface area contributed by atoms with Crippen LogP contribution in [0.5, 0.6) is 5.75 Å². The number of aromatic nitrogens is 2. The van der Waals surface area contributed by atoms with Crippen molar-refractivity contribution in [3.63, 3.8) is 0 Å². The third-order valence-electron chi connectivity index (χ3n) is 6.26. The highest BCUT2D eigenvalue weighted by molar-refractivity contribution is 7.99. The molecular formula is C28H34N6O3S. The smallest absolute Gasteiger partial charge is 0.229 e. The summed E-state index contributed by atoms with van der Waals surface area (Å²) in [6, 6.07) is 18.4. The number of nitrogens with one attached hydrogen (secondary N) is 1. The highest BCUT2D eigenvalue weighted by Gasteiger charge is 2.19. The van der Waals surface area contributed by atoms with Gasteiger partial charge in [-0.25, -0.2) is 0 Å². The Hall–Kier alpha value is -3.34. The molecule has 10 heteroatoms. The molecule has 5 rings (SSSR count). The van der Waals surface area contributed by atoms with Crippen molar-refractivity contribution in [3.05, 3.63) is 65.7 Å². The SMILES string of the molecule is Cc1ccc(SCCOc2ccccc2/C=N\Nc2cc(N3CCOCC3)nc(N3CCOCC3)n2)cc1. The summed E-state index contributed by atoms with van der Waals surface area (Å²) in [6.45, 7) is 8.57. The maximum absolute atomic E-state index is 6.08. The average Bonchev–Trinajstić information content (AvgIpc) is 2.98. The largest absolute Gasteiger partial charge is 0.492 e. The van der Waals surface area contributed by atoms with Gasteiger partial charge in [-0.05, 0) is 31.2 Å². The molecule has 9 nitrogen and oxygen atoms in total. The maximum atomic E-state index is 6.08. The van der Waals surface area contributed by atoms with Gasteiger partial charge in [-0.2, -0.15) is 15.1 Å². The lowest BCUT2D eigenvalue weighted by Gasteiger charge is -2.31. The molecule has 0 amide bonds. The number of benzene rings is 2. The third kappa shape index (κ3) is 7.37. The molecule has 0 atom stereocenters. The lowest BCUT2D eigenvalue weighted by atomic mass is 10.2. The molecule has 2 saturated heterocycles. The van der Waals surface area contributed by atoms with E-state index < -0.39 is 0 Å². The van der Waals surface area contributed by atoms with Crippen molar-refractivity contribution in [2.45, 2.75) is 11.8 Å². The van der Waals surface area contributed by atoms with Crippen molar-refractivity contribution < 1.29 is 14.2 Å². The monoisotopic (exact) mass is 534 g/mol. The Morgan fingerprint density at radius 1 is 0.947 bits per heavy atom. The van der Waals surface area contributed by atoms with Gasteiger partial charge in [0.1, 0.15) is 11.6 Å². The average molecular weight is 535 g/mol. The topological polar surface area (TPSA) is 84.3 Å². The number of hydrogen-bond donors (Lipinski definition) is 1. The molecule has 0 saturated carbocycles. The minimum absolute atomic E-state index is 0.606. The van der Waals surface area contributed by atoms with Gasteiger partial charge in [-0.3, -0.25) is 5.43 Å². The van der Waals surface area contributed by atoms with Gasteiger partial charge in [0, 0.05) is 48.5 Å². The Bertz CT molecular complexity index is 1160. The molecule has 1 N–H and O–H groups in total. The highest BCUT2D eigenvalue weighted by Crippen LogP contribution is 2.23. The van der Waals surface area contributed by atoms with Gasteiger partial charge in [0.25, 0.3) is 0 Å². The third-order valence-corrected chi connectivity index (χ3v) is 7.24. The summed E-state index contributed by atoms with van der Waals surface area (Å²) >= 11 is 1.79. The second-order valence-electron chi connectivity index (χ2n) is 9.03. The Balaban J connectivity index is 1.23. The molecule has 0 unspecified atom stereocenters. The van der Waals surface area contributed by atoms with Crippen molar-refractivity contribution in [1.29, 1.82) is 0 Å². The van der Waals surface area contributed by atoms with Gasteiger partial charge < -0.3 is 24.0 Å². The van der Waals surface area contributed by atoms with Crippen LogP contribution in [0.15, 0.2) is 64.6 Å². The summed E-state index contributed by atoms with van der Waals surface area (Å²) in [5.41, 5.74) is 5.28. The molecule has 3 heterocycles. The predicted octanol–water partition coefficient (Wildman–Crippen LogP) is 4.08. The van der Waals surface area contributed by atoms with E-state index in [1.807, 2.05) is 30.3 Å². The first-order valence-electron chi connectivity index (χ1n) is 13.0. The van der Waals surface area contributed by atoms with Crippen LogP contribution in [0.25, 0.3) is 0 Å². The second-order valence-corrected chi connectivity index (χ2v) is 10.2. The standard InChI is InChI=1S/C28H34N6O3S/c1-22-6-8-24(9-7-22)38-19-18-37-25-5-3-2-4-23(25)21-29-32-26-20-27(33-10-14-35-15-11-33)31-28(30-26)34-12-16-36-17-13-34/h2-9,20-21H,10-19H2,1H3,(H,30,31,32)/b29-21-. The fraction of sp³-hybridized carbons (Fsp3) is 0.393. The number of rotatable bonds is 10. The van der Waals surface area contributed by atoms with Crippen molar-refractivity contribution >= 4 is 35.6 Å². The number of hydrogen-bond acceptors (Lipinski definition) is 10. The Morgan fingerprint density at radius 3 is 2.42 bits per heavy atom. The first kappa shape index (κ1) is 26.3. The van der Waals surface area contributed by atoms with E-state index in [0.29, 0.717) is 44.8 Å². The number of anilines is 3. The van der Waals surface area contributed by atoms with Crippen LogP contribution in [-0.4, -0.2) is 81.1 Å². The zero-order valence-corrected chi connectivity index (χ0v) is 22.5. The van der Waals surface area contributed by atoms with E-state index in [-0.39, 0.29) is 0 Å². The van der Waals surface area contributed by atoms with Crippen LogP contribution in [-0.2, 0) is 9.47 Å². The summed E-state index contributed by atoms with van der Waals surface area (Å²) in [6.07, 6.45) is 1.77. The number of hydrazone groups is 1. The fourth-order valence-electron chi connectivity index (χ4n) is 4.17. The summed E-state index contributed by atoms with van der Waals surface area (Å²) in [7, 11) is 0. The number of morpholine rings is 2. The molecule has 0 radical (unpaired) electrons. The molecule has 2 fully saturated rings. The quantitative estimate of drug-likeness (QED) is 0.179. The van der Waals surface area contributed by atoms with E-state index in [1.54, 1.807) is 18.0 Å². The Morgan fingerprint density at radius 2 is 1.66 bits per heavy atom. The predicted molar refractivity (Wildman–Crippen MR) is 153 cm³/mol. The van der Waals surface area contributed by atoms with E-state index in [9.17, 15) is 0 Å². The zero-order valence-electron chi connectivity index (χ0n) is 21.7. The number of aryl methyl sites for hydroxylation is 1. The molecule has 2 aromatic carbocycles. The van der Waals surface area contributed by atoms with Crippen LogP contribution >= 0.6 is 11.8 Å². The molecule has 38 heavy (non-hydrogen) atoms. The Labute approximate surface area is 228 Å². The van der Waals surface area contributed by atoms with Crippen LogP contribution in [0.4, 0.5) is 17.6 Å². The van der Waals surface area contributed by atoms with Gasteiger partial charge >= 0.3 is 0 Å². The summed E-state index contributed by atoms with van der Waals surface area (Å²) < 4.78 is 17.1. The van der Waals surface area contributed by atoms with Crippen LogP contribution < -0.4 is 20.0 Å². The van der Waals surface area contributed by atoms with Crippen molar-refractivity contribution in [2.24, 2.45) is 5.10 Å². The molecule has 2 aliphatic heterocycles. The maximum Gasteiger partial charge on any atom is 0.229 e. The van der Waals surface area contributed by atoms with E-state index in [2.05, 4.69) is 51.5 Å². The first-order valence-corrected chi connectivity index (χ1v) is 14.0. The molecule has 0 bridgehead atoms. The summed E-state index contributed by atoms with van der Waals surface area (Å²) in [4.78, 5) is 15.2. The van der Waals surface area contributed by atoms with E-state index in [4.69, 9.17) is 24.2 Å². The minimum Gasteiger partial charge on any atom is -0.492 e. The van der Waals surface area contributed by atoms with Crippen molar-refractivity contribution in [3.8, 4) is 5.75 Å². The second kappa shape index (κ2) is 13.5. The van der Waals surface area contributed by atoms with Gasteiger partial charge in [0.2, 0.25) is 5.95 Å². The summed E-state index contributed by atoms with van der Waals surface area (Å²) in [5.74, 6) is 3.87. The minimum atomic E-state index is 0.606. The number of para-hydroxylation sites is 1. The lowest BCUT2D eigenvalue weighted by molar-refractivity contribution is 0.121. The van der Waals surface area contributed by atoms with Crippen molar-refractivity contribution in [2.75, 3.05) is 80.2 Å². The van der Waals surface area contributed by atoms with Gasteiger partial charge in [-0.15, -0.1) is 11.8 Å². The molecule has 3 aromatic rings. The number of nitrogens with zero attached hydrogens (tertiary/aromatic N) is 5. The molecule has 0 spiro atoms. The highest BCUT2D eigenvalue weighted by atomic mass is 32.2.